The van der Waals surface area contributed by atoms with Gasteiger partial charge in [-0.25, -0.2) is 4.98 Å². The van der Waals surface area contributed by atoms with Gasteiger partial charge >= 0.3 is 0 Å². The van der Waals surface area contributed by atoms with Gasteiger partial charge in [-0.15, -0.1) is 0 Å². The van der Waals surface area contributed by atoms with E-state index < -0.39 is 0 Å². The maximum atomic E-state index is 11.3. The number of likely N-dealkylation sites (N-methyl/N-ethyl adjacent to an activating group) is 1. The monoisotopic (exact) mass is 236 g/mol. The molecule has 1 N–H and O–H groups in total. The molecule has 1 aromatic rings. The van der Waals surface area contributed by atoms with Crippen LogP contribution in [0.2, 0.25) is 0 Å². The molecule has 2 heterocycles. The molecular formula is C12H20N4O. The van der Waals surface area contributed by atoms with Crippen molar-refractivity contribution in [2.24, 2.45) is 0 Å². The molecule has 0 aromatic carbocycles. The fourth-order valence-electron chi connectivity index (χ4n) is 2.41. The molecule has 0 bridgehead atoms. The Labute approximate surface area is 101 Å². The zero-order valence-corrected chi connectivity index (χ0v) is 10.5. The molecule has 0 saturated carbocycles. The molecule has 94 valence electrons. The molecule has 1 unspecified atom stereocenters. The number of hydrogen-bond acceptors (Lipinski definition) is 4. The number of rotatable bonds is 2. The number of hydrogen-bond donors (Lipinski definition) is 1. The van der Waals surface area contributed by atoms with Gasteiger partial charge in [0.25, 0.3) is 5.56 Å². The Hall–Kier alpha value is -1.36. The maximum absolute atomic E-state index is 11.3. The molecule has 0 amide bonds. The minimum absolute atomic E-state index is 0.0811. The summed E-state index contributed by atoms with van der Waals surface area (Å²) < 4.78 is 0. The van der Waals surface area contributed by atoms with Crippen LogP contribution in [-0.4, -0.2) is 47.6 Å². The fraction of sp³-hybridized carbons (Fsp3) is 0.667. The molecule has 17 heavy (non-hydrogen) atoms. The Kier molecular flexibility index (Phi) is 3.78. The summed E-state index contributed by atoms with van der Waals surface area (Å²) in [6.45, 7) is 5.30. The van der Waals surface area contributed by atoms with Crippen molar-refractivity contribution in [1.29, 1.82) is 0 Å². The van der Waals surface area contributed by atoms with Crippen LogP contribution in [0.15, 0.2) is 17.2 Å². The lowest BCUT2D eigenvalue weighted by molar-refractivity contribution is 0.327. The quantitative estimate of drug-likeness (QED) is 0.821. The van der Waals surface area contributed by atoms with Gasteiger partial charge in [0.05, 0.1) is 6.33 Å². The molecule has 5 nitrogen and oxygen atoms in total. The molecule has 2 rings (SSSR count). The van der Waals surface area contributed by atoms with E-state index in [0.717, 1.165) is 38.3 Å². The van der Waals surface area contributed by atoms with Gasteiger partial charge in [0.1, 0.15) is 5.82 Å². The molecular weight excluding hydrogens is 216 g/mol. The summed E-state index contributed by atoms with van der Waals surface area (Å²) in [7, 11) is 2.15. The molecule has 1 aromatic heterocycles. The van der Waals surface area contributed by atoms with Gasteiger partial charge in [-0.05, 0) is 26.4 Å². The third-order valence-electron chi connectivity index (χ3n) is 3.33. The number of H-pyrrole nitrogens is 1. The summed E-state index contributed by atoms with van der Waals surface area (Å²) in [5.41, 5.74) is -0.0811. The first kappa shape index (κ1) is 12.1. The highest BCUT2D eigenvalue weighted by atomic mass is 16.1. The zero-order valence-electron chi connectivity index (χ0n) is 10.5. The fourth-order valence-corrected chi connectivity index (χ4v) is 2.41. The van der Waals surface area contributed by atoms with Gasteiger partial charge in [0.15, 0.2) is 0 Å². The van der Waals surface area contributed by atoms with Crippen molar-refractivity contribution in [3.8, 4) is 0 Å². The lowest BCUT2D eigenvalue weighted by atomic mass is 10.2. The van der Waals surface area contributed by atoms with Crippen LogP contribution in [-0.2, 0) is 0 Å². The Morgan fingerprint density at radius 1 is 1.53 bits per heavy atom. The van der Waals surface area contributed by atoms with Crippen LogP contribution in [0.3, 0.4) is 0 Å². The van der Waals surface area contributed by atoms with Crippen molar-refractivity contribution < 1.29 is 0 Å². The van der Waals surface area contributed by atoms with Crippen LogP contribution < -0.4 is 10.5 Å². The van der Waals surface area contributed by atoms with E-state index in [1.54, 1.807) is 6.07 Å². The first-order chi connectivity index (χ1) is 8.20. The summed E-state index contributed by atoms with van der Waals surface area (Å²) in [4.78, 5) is 22.8. The summed E-state index contributed by atoms with van der Waals surface area (Å²) in [5, 5.41) is 0. The Bertz CT molecular complexity index is 417. The highest BCUT2D eigenvalue weighted by Crippen LogP contribution is 2.17. The van der Waals surface area contributed by atoms with Crippen molar-refractivity contribution in [2.75, 3.05) is 31.6 Å². The highest BCUT2D eigenvalue weighted by molar-refractivity contribution is 5.38. The van der Waals surface area contributed by atoms with Crippen LogP contribution in [0.4, 0.5) is 5.82 Å². The smallest absolute Gasteiger partial charge is 0.252 e. The van der Waals surface area contributed by atoms with Gasteiger partial charge in [0.2, 0.25) is 0 Å². The van der Waals surface area contributed by atoms with E-state index in [1.807, 2.05) is 0 Å². The van der Waals surface area contributed by atoms with Gasteiger partial charge in [-0.1, -0.05) is 6.92 Å². The molecule has 1 aliphatic rings. The Morgan fingerprint density at radius 2 is 2.35 bits per heavy atom. The van der Waals surface area contributed by atoms with Crippen LogP contribution in [0.25, 0.3) is 0 Å². The van der Waals surface area contributed by atoms with Crippen molar-refractivity contribution in [3.05, 3.63) is 22.7 Å². The number of aromatic nitrogens is 2. The molecule has 0 spiro atoms. The second kappa shape index (κ2) is 5.31. The molecule has 0 aliphatic carbocycles. The first-order valence-corrected chi connectivity index (χ1v) is 6.20. The predicted octanol–water partition coefficient (Wildman–Crippen LogP) is 0.690. The van der Waals surface area contributed by atoms with Gasteiger partial charge in [-0.2, -0.15) is 0 Å². The molecule has 5 heteroatoms. The maximum Gasteiger partial charge on any atom is 0.252 e. The molecule has 1 fully saturated rings. The number of nitrogens with zero attached hydrogens (tertiary/aromatic N) is 3. The van der Waals surface area contributed by atoms with Crippen LogP contribution in [0.1, 0.15) is 19.8 Å². The highest BCUT2D eigenvalue weighted by Gasteiger charge is 2.23. The van der Waals surface area contributed by atoms with Crippen LogP contribution in [0, 0.1) is 0 Å². The third-order valence-corrected chi connectivity index (χ3v) is 3.33. The zero-order chi connectivity index (χ0) is 12.3. The normalized spacial score (nSPS) is 22.5. The summed E-state index contributed by atoms with van der Waals surface area (Å²) in [6, 6.07) is 2.03. The number of aromatic amines is 1. The Balaban J connectivity index is 2.25. The van der Waals surface area contributed by atoms with E-state index in [0.29, 0.717) is 6.04 Å². The molecule has 1 atom stereocenters. The summed E-state index contributed by atoms with van der Waals surface area (Å²) in [5.74, 6) is 0.802. The van der Waals surface area contributed by atoms with Gasteiger partial charge in [0, 0.05) is 25.2 Å². The average Bonchev–Trinajstić information content (AvgIpc) is 2.50. The first-order valence-electron chi connectivity index (χ1n) is 6.20. The summed E-state index contributed by atoms with van der Waals surface area (Å²) >= 11 is 0. The van der Waals surface area contributed by atoms with Crippen molar-refractivity contribution in [3.63, 3.8) is 0 Å². The molecule has 1 aliphatic heterocycles. The van der Waals surface area contributed by atoms with E-state index in [1.165, 1.54) is 6.33 Å². The minimum atomic E-state index is -0.0811. The predicted molar refractivity (Wildman–Crippen MR) is 68.4 cm³/mol. The SMILES string of the molecule is CCC1CN(C)CCCN1c1cc(=O)[nH]cn1. The second-order valence-corrected chi connectivity index (χ2v) is 4.64. The van der Waals surface area contributed by atoms with Crippen molar-refractivity contribution in [2.45, 2.75) is 25.8 Å². The van der Waals surface area contributed by atoms with E-state index in [4.69, 9.17) is 0 Å². The van der Waals surface area contributed by atoms with E-state index in [-0.39, 0.29) is 5.56 Å². The van der Waals surface area contributed by atoms with E-state index >= 15 is 0 Å². The average molecular weight is 236 g/mol. The number of anilines is 1. The summed E-state index contributed by atoms with van der Waals surface area (Å²) in [6.07, 6.45) is 3.67. The van der Waals surface area contributed by atoms with E-state index in [2.05, 4.69) is 33.7 Å². The van der Waals surface area contributed by atoms with E-state index in [9.17, 15) is 4.79 Å². The van der Waals surface area contributed by atoms with Crippen molar-refractivity contribution in [1.82, 2.24) is 14.9 Å². The number of nitrogens with one attached hydrogen (secondary N) is 1. The largest absolute Gasteiger partial charge is 0.352 e. The Morgan fingerprint density at radius 3 is 3.06 bits per heavy atom. The van der Waals surface area contributed by atoms with Crippen molar-refractivity contribution >= 4 is 5.82 Å². The van der Waals surface area contributed by atoms with Gasteiger partial charge < -0.3 is 14.8 Å². The van der Waals surface area contributed by atoms with Crippen LogP contribution in [0.5, 0.6) is 0 Å². The van der Waals surface area contributed by atoms with Crippen LogP contribution >= 0.6 is 0 Å². The standard InChI is InChI=1S/C12H20N4O/c1-3-10-8-15(2)5-4-6-16(10)11-7-12(17)14-9-13-11/h7,9-10H,3-6,8H2,1-2H3,(H,13,14,17). The topological polar surface area (TPSA) is 52.2 Å². The molecule has 0 radical (unpaired) electrons. The third kappa shape index (κ3) is 2.85. The second-order valence-electron chi connectivity index (χ2n) is 4.64. The molecule has 1 saturated heterocycles. The lowest BCUT2D eigenvalue weighted by Gasteiger charge is -2.30. The minimum Gasteiger partial charge on any atom is -0.352 e. The van der Waals surface area contributed by atoms with Gasteiger partial charge in [-0.3, -0.25) is 4.79 Å². The lowest BCUT2D eigenvalue weighted by Crippen LogP contribution is -2.40.